The highest BCUT2D eigenvalue weighted by molar-refractivity contribution is 5.27. The van der Waals surface area contributed by atoms with Crippen molar-refractivity contribution in [2.24, 2.45) is 0 Å². The van der Waals surface area contributed by atoms with Crippen LogP contribution in [-0.2, 0) is 6.42 Å². The fraction of sp³-hybridized carbons (Fsp3) is 0.684. The summed E-state index contributed by atoms with van der Waals surface area (Å²) < 4.78 is 5.68. The molecule has 0 amide bonds. The smallest absolute Gasteiger partial charge is 0.119 e. The molecule has 1 nitrogen and oxygen atoms in total. The highest BCUT2D eigenvalue weighted by atomic mass is 16.5. The molecule has 0 saturated heterocycles. The zero-order valence-corrected chi connectivity index (χ0v) is 13.5. The van der Waals surface area contributed by atoms with Gasteiger partial charge < -0.3 is 4.74 Å². The average molecular weight is 276 g/mol. The number of hydrogen-bond donors (Lipinski definition) is 0. The molecule has 0 N–H and O–H groups in total. The van der Waals surface area contributed by atoms with Crippen LogP contribution < -0.4 is 4.74 Å². The minimum atomic E-state index is 0.841. The Morgan fingerprint density at radius 2 is 1.30 bits per heavy atom. The topological polar surface area (TPSA) is 9.23 Å². The first-order valence-electron chi connectivity index (χ1n) is 8.58. The van der Waals surface area contributed by atoms with Crippen LogP contribution in [0.3, 0.4) is 0 Å². The van der Waals surface area contributed by atoms with Gasteiger partial charge in [0.1, 0.15) is 5.75 Å². The van der Waals surface area contributed by atoms with Crippen LogP contribution in [0.25, 0.3) is 0 Å². The lowest BCUT2D eigenvalue weighted by Crippen LogP contribution is -1.96. The highest BCUT2D eigenvalue weighted by Gasteiger charge is 1.97. The van der Waals surface area contributed by atoms with Crippen molar-refractivity contribution >= 4 is 0 Å². The molecule has 1 aromatic rings. The number of rotatable bonds is 12. The number of hydrogen-bond acceptors (Lipinski definition) is 1. The zero-order chi connectivity index (χ0) is 14.5. The molecule has 0 fully saturated rings. The minimum absolute atomic E-state index is 0.841. The molecule has 20 heavy (non-hydrogen) atoms. The molecule has 0 radical (unpaired) electrons. The molecule has 0 saturated carbocycles. The first-order chi connectivity index (χ1) is 9.86. The summed E-state index contributed by atoms with van der Waals surface area (Å²) in [6.07, 6.45) is 13.2. The van der Waals surface area contributed by atoms with E-state index in [0.29, 0.717) is 0 Å². The first-order valence-corrected chi connectivity index (χ1v) is 8.58. The Labute approximate surface area is 125 Å². The standard InChI is InChI=1S/C19H32O/c1-3-5-7-8-9-10-11-12-18-13-15-19(16-14-18)20-17-6-4-2/h13-16H,3-12,17H2,1-2H3. The van der Waals surface area contributed by atoms with Crippen LogP contribution in [0.4, 0.5) is 0 Å². The maximum atomic E-state index is 5.68. The van der Waals surface area contributed by atoms with E-state index < -0.39 is 0 Å². The van der Waals surface area contributed by atoms with E-state index in [4.69, 9.17) is 4.74 Å². The van der Waals surface area contributed by atoms with Crippen LogP contribution in [0.5, 0.6) is 5.75 Å². The lowest BCUT2D eigenvalue weighted by atomic mass is 10.0. The van der Waals surface area contributed by atoms with Gasteiger partial charge in [-0.2, -0.15) is 0 Å². The summed E-state index contributed by atoms with van der Waals surface area (Å²) in [6, 6.07) is 8.68. The van der Waals surface area contributed by atoms with E-state index in [0.717, 1.165) is 18.8 Å². The van der Waals surface area contributed by atoms with Crippen LogP contribution in [0.15, 0.2) is 24.3 Å². The number of benzene rings is 1. The number of unbranched alkanes of at least 4 members (excludes halogenated alkanes) is 7. The van der Waals surface area contributed by atoms with Crippen LogP contribution in [0.1, 0.15) is 77.2 Å². The molecule has 1 aromatic carbocycles. The SMILES string of the molecule is CCCCCCCCCc1ccc(OCCCC)cc1. The zero-order valence-electron chi connectivity index (χ0n) is 13.5. The molecule has 0 unspecified atom stereocenters. The molecule has 0 atom stereocenters. The molecule has 0 aromatic heterocycles. The van der Waals surface area contributed by atoms with Crippen LogP contribution in [0.2, 0.25) is 0 Å². The van der Waals surface area contributed by atoms with E-state index in [9.17, 15) is 0 Å². The van der Waals surface area contributed by atoms with Crippen molar-refractivity contribution in [3.63, 3.8) is 0 Å². The summed E-state index contributed by atoms with van der Waals surface area (Å²) in [4.78, 5) is 0. The van der Waals surface area contributed by atoms with Crippen molar-refractivity contribution in [2.45, 2.75) is 78.1 Å². The molecule has 0 spiro atoms. The van der Waals surface area contributed by atoms with Gasteiger partial charge in [-0.3, -0.25) is 0 Å². The average Bonchev–Trinajstić information content (AvgIpc) is 2.48. The van der Waals surface area contributed by atoms with Gasteiger partial charge in [-0.1, -0.05) is 70.9 Å². The first kappa shape index (κ1) is 17.1. The fourth-order valence-electron chi connectivity index (χ4n) is 2.37. The second-order valence-electron chi connectivity index (χ2n) is 5.72. The molecule has 1 heteroatoms. The van der Waals surface area contributed by atoms with Gasteiger partial charge >= 0.3 is 0 Å². The molecule has 0 aliphatic heterocycles. The molecule has 0 bridgehead atoms. The summed E-state index contributed by atoms with van der Waals surface area (Å²) in [5.41, 5.74) is 1.45. The summed E-state index contributed by atoms with van der Waals surface area (Å²) >= 11 is 0. The third-order valence-electron chi connectivity index (χ3n) is 3.76. The summed E-state index contributed by atoms with van der Waals surface area (Å²) in [7, 11) is 0. The number of ether oxygens (including phenoxy) is 1. The van der Waals surface area contributed by atoms with Crippen molar-refractivity contribution in [1.82, 2.24) is 0 Å². The van der Waals surface area contributed by atoms with Gasteiger partial charge in [-0.05, 0) is 37.0 Å². The normalized spacial score (nSPS) is 10.7. The Bertz CT molecular complexity index is 315. The predicted octanol–water partition coefficient (Wildman–Crippen LogP) is 6.16. The van der Waals surface area contributed by atoms with Gasteiger partial charge in [0.15, 0.2) is 0 Å². The van der Waals surface area contributed by atoms with E-state index in [1.165, 1.54) is 63.4 Å². The van der Waals surface area contributed by atoms with Gasteiger partial charge in [0, 0.05) is 0 Å². The van der Waals surface area contributed by atoms with Gasteiger partial charge in [-0.15, -0.1) is 0 Å². The van der Waals surface area contributed by atoms with E-state index in [2.05, 4.69) is 38.1 Å². The van der Waals surface area contributed by atoms with E-state index in [-0.39, 0.29) is 0 Å². The van der Waals surface area contributed by atoms with E-state index in [1.54, 1.807) is 0 Å². The van der Waals surface area contributed by atoms with Gasteiger partial charge in [0.2, 0.25) is 0 Å². The van der Waals surface area contributed by atoms with Gasteiger partial charge in [0.25, 0.3) is 0 Å². The van der Waals surface area contributed by atoms with Crippen molar-refractivity contribution in [3.8, 4) is 5.75 Å². The third-order valence-corrected chi connectivity index (χ3v) is 3.76. The van der Waals surface area contributed by atoms with Crippen molar-refractivity contribution in [1.29, 1.82) is 0 Å². The Kier molecular flexibility index (Phi) is 10.1. The Morgan fingerprint density at radius 3 is 1.95 bits per heavy atom. The summed E-state index contributed by atoms with van der Waals surface area (Å²) in [5, 5.41) is 0. The third kappa shape index (κ3) is 8.24. The maximum Gasteiger partial charge on any atom is 0.119 e. The molecular weight excluding hydrogens is 244 g/mol. The Balaban J connectivity index is 2.08. The molecule has 0 heterocycles. The number of aryl methyl sites for hydroxylation is 1. The van der Waals surface area contributed by atoms with Gasteiger partial charge in [-0.25, -0.2) is 0 Å². The highest BCUT2D eigenvalue weighted by Crippen LogP contribution is 2.15. The van der Waals surface area contributed by atoms with Crippen LogP contribution in [-0.4, -0.2) is 6.61 Å². The molecule has 114 valence electrons. The molecule has 0 aliphatic carbocycles. The van der Waals surface area contributed by atoms with Crippen LogP contribution >= 0.6 is 0 Å². The minimum Gasteiger partial charge on any atom is -0.494 e. The second-order valence-corrected chi connectivity index (χ2v) is 5.72. The van der Waals surface area contributed by atoms with E-state index >= 15 is 0 Å². The molecule has 1 rings (SSSR count). The predicted molar refractivity (Wildman–Crippen MR) is 88.5 cm³/mol. The second kappa shape index (κ2) is 11.8. The van der Waals surface area contributed by atoms with Crippen molar-refractivity contribution in [3.05, 3.63) is 29.8 Å². The largest absolute Gasteiger partial charge is 0.494 e. The van der Waals surface area contributed by atoms with Crippen molar-refractivity contribution in [2.75, 3.05) is 6.61 Å². The molecular formula is C19H32O. The van der Waals surface area contributed by atoms with Crippen LogP contribution in [0, 0.1) is 0 Å². The Hall–Kier alpha value is -0.980. The quantitative estimate of drug-likeness (QED) is 0.415. The van der Waals surface area contributed by atoms with E-state index in [1.807, 2.05) is 0 Å². The lowest BCUT2D eigenvalue weighted by molar-refractivity contribution is 0.309. The van der Waals surface area contributed by atoms with Gasteiger partial charge in [0.05, 0.1) is 6.61 Å². The van der Waals surface area contributed by atoms with Crippen molar-refractivity contribution < 1.29 is 4.74 Å². The maximum absolute atomic E-state index is 5.68. The monoisotopic (exact) mass is 276 g/mol. The fourth-order valence-corrected chi connectivity index (χ4v) is 2.37. The Morgan fingerprint density at radius 1 is 0.700 bits per heavy atom. The summed E-state index contributed by atoms with van der Waals surface area (Å²) in [6.45, 7) is 5.30. The lowest BCUT2D eigenvalue weighted by Gasteiger charge is -2.06. The molecule has 0 aliphatic rings. The summed E-state index contributed by atoms with van der Waals surface area (Å²) in [5.74, 6) is 1.02.